The first-order chi connectivity index (χ1) is 8.58. The number of nitrogens with two attached hydrogens (primary N) is 1. The van der Waals surface area contributed by atoms with Gasteiger partial charge in [0.25, 0.3) is 0 Å². The van der Waals surface area contributed by atoms with Gasteiger partial charge < -0.3 is 15.6 Å². The Morgan fingerprint density at radius 3 is 2.39 bits per heavy atom. The lowest BCUT2D eigenvalue weighted by Gasteiger charge is -2.28. The number of rotatable bonds is 3. The van der Waals surface area contributed by atoms with Crippen LogP contribution in [0.25, 0.3) is 0 Å². The highest BCUT2D eigenvalue weighted by Crippen LogP contribution is 2.32. The zero-order valence-electron chi connectivity index (χ0n) is 9.90. The fourth-order valence-electron chi connectivity index (χ4n) is 1.93. The third-order valence-corrected chi connectivity index (χ3v) is 4.33. The molecular formula is C12H16Br2N2O2. The number of hydrogen-bond donors (Lipinski definition) is 2. The van der Waals surface area contributed by atoms with Crippen LogP contribution in [0.15, 0.2) is 21.1 Å². The summed E-state index contributed by atoms with van der Waals surface area (Å²) in [7, 11) is 0. The second-order valence-corrected chi connectivity index (χ2v) is 6.04. The van der Waals surface area contributed by atoms with Crippen molar-refractivity contribution in [2.75, 3.05) is 38.6 Å². The van der Waals surface area contributed by atoms with Crippen LogP contribution in [0.1, 0.15) is 11.7 Å². The second kappa shape index (κ2) is 6.34. The van der Waals surface area contributed by atoms with E-state index < -0.39 is 6.10 Å². The first-order valence-corrected chi connectivity index (χ1v) is 7.39. The van der Waals surface area contributed by atoms with E-state index in [1.54, 1.807) is 0 Å². The summed E-state index contributed by atoms with van der Waals surface area (Å²) in [6.45, 7) is 3.83. The molecule has 0 radical (unpaired) electrons. The van der Waals surface area contributed by atoms with E-state index in [0.29, 0.717) is 12.2 Å². The Hall–Kier alpha value is -0.140. The lowest BCUT2D eigenvalue weighted by Crippen LogP contribution is -2.38. The maximum absolute atomic E-state index is 10.2. The molecule has 1 fully saturated rings. The Bertz CT molecular complexity index is 400. The number of morpholine rings is 1. The zero-order chi connectivity index (χ0) is 13.1. The molecule has 1 heterocycles. The number of hydrogen-bond acceptors (Lipinski definition) is 4. The van der Waals surface area contributed by atoms with Crippen LogP contribution in [0.2, 0.25) is 0 Å². The molecule has 0 aliphatic carbocycles. The van der Waals surface area contributed by atoms with E-state index in [4.69, 9.17) is 10.5 Å². The van der Waals surface area contributed by atoms with Crippen molar-refractivity contribution in [3.63, 3.8) is 0 Å². The van der Waals surface area contributed by atoms with Crippen molar-refractivity contribution in [2.24, 2.45) is 0 Å². The molecular weight excluding hydrogens is 364 g/mol. The molecule has 1 aliphatic heterocycles. The monoisotopic (exact) mass is 378 g/mol. The topological polar surface area (TPSA) is 58.7 Å². The van der Waals surface area contributed by atoms with Gasteiger partial charge in [0.2, 0.25) is 0 Å². The molecule has 0 bridgehead atoms. The van der Waals surface area contributed by atoms with E-state index in [1.807, 2.05) is 12.1 Å². The van der Waals surface area contributed by atoms with Crippen molar-refractivity contribution >= 4 is 37.5 Å². The zero-order valence-corrected chi connectivity index (χ0v) is 13.1. The minimum absolute atomic E-state index is 0.517. The predicted octanol–water partition coefficient (Wildman–Crippen LogP) is 2.16. The summed E-state index contributed by atoms with van der Waals surface area (Å²) in [6, 6.07) is 3.73. The third-order valence-electron chi connectivity index (χ3n) is 3.02. The quantitative estimate of drug-likeness (QED) is 0.790. The lowest BCUT2D eigenvalue weighted by molar-refractivity contribution is 0.0143. The minimum Gasteiger partial charge on any atom is -0.397 e. The molecule has 0 saturated carbocycles. The smallest absolute Gasteiger partial charge is 0.0917 e. The van der Waals surface area contributed by atoms with Crippen molar-refractivity contribution in [3.05, 3.63) is 26.6 Å². The van der Waals surface area contributed by atoms with Crippen LogP contribution >= 0.6 is 31.9 Å². The molecule has 18 heavy (non-hydrogen) atoms. The van der Waals surface area contributed by atoms with Crippen molar-refractivity contribution in [1.82, 2.24) is 4.90 Å². The van der Waals surface area contributed by atoms with E-state index >= 15 is 0 Å². The first kappa shape index (κ1) is 14.3. The standard InChI is InChI=1S/C12H16Br2N2O2/c13-9-5-8(6-10(14)12(9)15)11(17)7-16-1-3-18-4-2-16/h5-6,11,17H,1-4,7,15H2. The number of aliphatic hydroxyl groups is 1. The van der Waals surface area contributed by atoms with Gasteiger partial charge in [-0.25, -0.2) is 0 Å². The van der Waals surface area contributed by atoms with E-state index in [0.717, 1.165) is 40.8 Å². The van der Waals surface area contributed by atoms with Crippen molar-refractivity contribution < 1.29 is 9.84 Å². The Morgan fingerprint density at radius 1 is 1.28 bits per heavy atom. The number of nitrogen functional groups attached to an aromatic ring is 1. The molecule has 1 atom stereocenters. The average Bonchev–Trinajstić information content (AvgIpc) is 2.36. The lowest BCUT2D eigenvalue weighted by atomic mass is 10.1. The molecule has 100 valence electrons. The Morgan fingerprint density at radius 2 is 1.83 bits per heavy atom. The molecule has 0 spiro atoms. The largest absolute Gasteiger partial charge is 0.397 e. The highest BCUT2D eigenvalue weighted by molar-refractivity contribution is 9.11. The molecule has 6 heteroatoms. The minimum atomic E-state index is -0.517. The van der Waals surface area contributed by atoms with Crippen molar-refractivity contribution in [1.29, 1.82) is 0 Å². The van der Waals surface area contributed by atoms with Crippen LogP contribution in [0.5, 0.6) is 0 Å². The summed E-state index contributed by atoms with van der Waals surface area (Å²) in [5.41, 5.74) is 7.34. The molecule has 1 aliphatic rings. The SMILES string of the molecule is Nc1c(Br)cc(C(O)CN2CCOCC2)cc1Br. The summed E-state index contributed by atoms with van der Waals surface area (Å²) < 4.78 is 6.88. The van der Waals surface area contributed by atoms with Crippen LogP contribution in [0.4, 0.5) is 5.69 Å². The molecule has 2 rings (SSSR count). The van der Waals surface area contributed by atoms with Gasteiger partial charge in [0.15, 0.2) is 0 Å². The molecule has 1 aromatic carbocycles. The van der Waals surface area contributed by atoms with Gasteiger partial charge in [-0.1, -0.05) is 0 Å². The number of anilines is 1. The number of benzene rings is 1. The van der Waals surface area contributed by atoms with Gasteiger partial charge in [-0.3, -0.25) is 4.90 Å². The normalized spacial score (nSPS) is 18.8. The van der Waals surface area contributed by atoms with Crippen LogP contribution in [-0.2, 0) is 4.74 Å². The summed E-state index contributed by atoms with van der Waals surface area (Å²) >= 11 is 6.78. The molecule has 0 amide bonds. The van der Waals surface area contributed by atoms with Gasteiger partial charge in [-0.15, -0.1) is 0 Å². The van der Waals surface area contributed by atoms with E-state index in [9.17, 15) is 5.11 Å². The molecule has 1 unspecified atom stereocenters. The number of β-amino-alcohol motifs (C(OH)–C–C–N with tert-alkyl or cyclic N) is 1. The highest BCUT2D eigenvalue weighted by atomic mass is 79.9. The molecule has 3 N–H and O–H groups in total. The van der Waals surface area contributed by atoms with Crippen LogP contribution in [0, 0.1) is 0 Å². The highest BCUT2D eigenvalue weighted by Gasteiger charge is 2.17. The molecule has 4 nitrogen and oxygen atoms in total. The van der Waals surface area contributed by atoms with Gasteiger partial charge in [-0.2, -0.15) is 0 Å². The van der Waals surface area contributed by atoms with Gasteiger partial charge >= 0.3 is 0 Å². The molecule has 0 aromatic heterocycles. The second-order valence-electron chi connectivity index (χ2n) is 4.33. The van der Waals surface area contributed by atoms with Crippen LogP contribution < -0.4 is 5.73 Å². The van der Waals surface area contributed by atoms with Gasteiger partial charge in [0.05, 0.1) is 25.0 Å². The third kappa shape index (κ3) is 3.45. The summed E-state index contributed by atoms with van der Waals surface area (Å²) in [6.07, 6.45) is -0.517. The average molecular weight is 380 g/mol. The number of ether oxygens (including phenoxy) is 1. The van der Waals surface area contributed by atoms with Crippen molar-refractivity contribution in [2.45, 2.75) is 6.10 Å². The molecule has 1 saturated heterocycles. The summed E-state index contributed by atoms with van der Waals surface area (Å²) in [5, 5.41) is 10.2. The fourth-order valence-corrected chi connectivity index (χ4v) is 3.15. The van der Waals surface area contributed by atoms with Crippen molar-refractivity contribution in [3.8, 4) is 0 Å². The number of aliphatic hydroxyl groups excluding tert-OH is 1. The van der Waals surface area contributed by atoms with Gasteiger partial charge in [0.1, 0.15) is 0 Å². The summed E-state index contributed by atoms with van der Waals surface area (Å²) in [4.78, 5) is 2.20. The Balaban J connectivity index is 2.06. The van der Waals surface area contributed by atoms with Gasteiger partial charge in [0, 0.05) is 28.6 Å². The number of halogens is 2. The molecule has 1 aromatic rings. The number of nitrogens with zero attached hydrogens (tertiary/aromatic N) is 1. The van der Waals surface area contributed by atoms with Crippen LogP contribution in [-0.4, -0.2) is 42.9 Å². The summed E-state index contributed by atoms with van der Waals surface area (Å²) in [5.74, 6) is 0. The maximum atomic E-state index is 10.2. The maximum Gasteiger partial charge on any atom is 0.0917 e. The Kier molecular flexibility index (Phi) is 5.03. The van der Waals surface area contributed by atoms with Crippen LogP contribution in [0.3, 0.4) is 0 Å². The first-order valence-electron chi connectivity index (χ1n) is 5.80. The van der Waals surface area contributed by atoms with Gasteiger partial charge in [-0.05, 0) is 49.6 Å². The van der Waals surface area contributed by atoms with E-state index in [-0.39, 0.29) is 0 Å². The predicted molar refractivity (Wildman–Crippen MR) is 78.5 cm³/mol. The fraction of sp³-hybridized carbons (Fsp3) is 0.500. The van der Waals surface area contributed by atoms with E-state index in [2.05, 4.69) is 36.8 Å². The van der Waals surface area contributed by atoms with E-state index in [1.165, 1.54) is 0 Å². The Labute approximate surface area is 123 Å².